The first-order chi connectivity index (χ1) is 18.0. The molecular formula is C32H44N2O4. The number of aryl methyl sites for hydroxylation is 1. The molecule has 1 aliphatic heterocycles. The van der Waals surface area contributed by atoms with Crippen LogP contribution in [0.1, 0.15) is 99.3 Å². The van der Waals surface area contributed by atoms with E-state index < -0.39 is 11.7 Å². The molecule has 2 aliphatic rings. The van der Waals surface area contributed by atoms with Gasteiger partial charge in [-0.2, -0.15) is 0 Å². The lowest BCUT2D eigenvalue weighted by molar-refractivity contribution is -0.166. The zero-order valence-electron chi connectivity index (χ0n) is 24.2. The molecule has 0 bridgehead atoms. The predicted molar refractivity (Wildman–Crippen MR) is 151 cm³/mol. The molecule has 2 amide bonds. The van der Waals surface area contributed by atoms with Crippen molar-refractivity contribution in [3.8, 4) is 11.1 Å². The molecule has 0 saturated heterocycles. The first-order valence-electron chi connectivity index (χ1n) is 14.1. The molecule has 206 valence electrons. The Hall–Kier alpha value is -2.86. The van der Waals surface area contributed by atoms with Gasteiger partial charge >= 0.3 is 12.0 Å². The second kappa shape index (κ2) is 11.5. The summed E-state index contributed by atoms with van der Waals surface area (Å²) in [5, 5.41) is 3.28. The molecule has 1 unspecified atom stereocenters. The average Bonchev–Trinajstić information content (AvgIpc) is 3.32. The molecule has 38 heavy (non-hydrogen) atoms. The molecule has 0 aromatic heterocycles. The van der Waals surface area contributed by atoms with Crippen molar-refractivity contribution >= 4 is 12.0 Å². The fourth-order valence-electron chi connectivity index (χ4n) is 5.89. The maximum Gasteiger partial charge on any atom is 0.339 e. The molecule has 0 radical (unpaired) electrons. The fourth-order valence-corrected chi connectivity index (χ4v) is 5.89. The van der Waals surface area contributed by atoms with Gasteiger partial charge in [-0.15, -0.1) is 0 Å². The monoisotopic (exact) mass is 520 g/mol. The number of nitrogens with zero attached hydrogens (tertiary/aromatic N) is 1. The number of hydrogen-bond acceptors (Lipinski definition) is 4. The lowest BCUT2D eigenvalue weighted by atomic mass is 9.83. The van der Waals surface area contributed by atoms with E-state index in [2.05, 4.69) is 50.4 Å². The van der Waals surface area contributed by atoms with E-state index in [4.69, 9.17) is 9.47 Å². The van der Waals surface area contributed by atoms with Gasteiger partial charge in [-0.25, -0.2) is 9.59 Å². The van der Waals surface area contributed by atoms with Gasteiger partial charge in [-0.05, 0) is 94.7 Å². The van der Waals surface area contributed by atoms with Crippen molar-refractivity contribution in [2.75, 3.05) is 6.61 Å². The molecule has 1 N–H and O–H groups in total. The number of esters is 1. The van der Waals surface area contributed by atoms with Crippen LogP contribution in [0.3, 0.4) is 0 Å². The molecule has 6 nitrogen and oxygen atoms in total. The van der Waals surface area contributed by atoms with Gasteiger partial charge in [-0.3, -0.25) is 0 Å². The summed E-state index contributed by atoms with van der Waals surface area (Å²) in [5.74, 6) is -0.386. The van der Waals surface area contributed by atoms with Crippen LogP contribution in [0.25, 0.3) is 11.1 Å². The smallest absolute Gasteiger partial charge is 0.339 e. The molecular weight excluding hydrogens is 476 g/mol. The number of benzene rings is 2. The summed E-state index contributed by atoms with van der Waals surface area (Å²) in [6.07, 6.45) is 4.84. The number of fused-ring (bicyclic) bond motifs is 1. The summed E-state index contributed by atoms with van der Waals surface area (Å²) in [4.78, 5) is 28.6. The Bertz CT molecular complexity index is 1170. The highest BCUT2D eigenvalue weighted by Gasteiger charge is 2.37. The minimum Gasteiger partial charge on any atom is -0.464 e. The average molecular weight is 521 g/mol. The van der Waals surface area contributed by atoms with Gasteiger partial charge in [0.2, 0.25) is 0 Å². The standard InChI is InChI=1S/C32H44N2O4/c1-8-37-30(35)29(38-32(5,6)7)28-22(4)26-19-34(31(36)33-24-12-10-9-11-13-24)18-25(26)21(3)27(28)23-16-14-20(2)15-17-23/h14-17,24,29H,8-13,18-19H2,1-7H3,(H,33,36). The predicted octanol–water partition coefficient (Wildman–Crippen LogP) is 7.06. The van der Waals surface area contributed by atoms with Crippen LogP contribution in [0.2, 0.25) is 0 Å². The van der Waals surface area contributed by atoms with E-state index >= 15 is 0 Å². The summed E-state index contributed by atoms with van der Waals surface area (Å²) in [6.45, 7) is 15.3. The summed E-state index contributed by atoms with van der Waals surface area (Å²) in [5.41, 5.74) is 7.84. The van der Waals surface area contributed by atoms with Gasteiger partial charge in [0.1, 0.15) is 0 Å². The van der Waals surface area contributed by atoms with E-state index in [-0.39, 0.29) is 24.6 Å². The highest BCUT2D eigenvalue weighted by atomic mass is 16.6. The summed E-state index contributed by atoms with van der Waals surface area (Å²) in [7, 11) is 0. The van der Waals surface area contributed by atoms with E-state index in [1.54, 1.807) is 0 Å². The van der Waals surface area contributed by atoms with Crippen LogP contribution in [0.5, 0.6) is 0 Å². The Morgan fingerprint density at radius 3 is 2.16 bits per heavy atom. The van der Waals surface area contributed by atoms with Crippen LogP contribution in [-0.2, 0) is 27.4 Å². The molecule has 1 saturated carbocycles. The molecule has 4 rings (SSSR count). The molecule has 6 heteroatoms. The maximum atomic E-state index is 13.4. The topological polar surface area (TPSA) is 67.9 Å². The lowest BCUT2D eigenvalue weighted by Crippen LogP contribution is -2.43. The Labute approximate surface area is 228 Å². The van der Waals surface area contributed by atoms with E-state index in [1.807, 2.05) is 32.6 Å². The number of urea groups is 1. The first kappa shape index (κ1) is 28.2. The Kier molecular flexibility index (Phi) is 8.51. The maximum absolute atomic E-state index is 13.4. The summed E-state index contributed by atoms with van der Waals surface area (Å²) in [6, 6.07) is 8.65. The second-order valence-corrected chi connectivity index (χ2v) is 11.9. The van der Waals surface area contributed by atoms with Gasteiger partial charge < -0.3 is 19.7 Å². The second-order valence-electron chi connectivity index (χ2n) is 11.9. The quantitative estimate of drug-likeness (QED) is 0.414. The highest BCUT2D eigenvalue weighted by molar-refractivity contribution is 5.85. The number of carbonyl (C=O) groups excluding carboxylic acids is 2. The summed E-state index contributed by atoms with van der Waals surface area (Å²) < 4.78 is 12.0. The van der Waals surface area contributed by atoms with Crippen LogP contribution in [0.15, 0.2) is 24.3 Å². The van der Waals surface area contributed by atoms with Crippen molar-refractivity contribution in [3.05, 3.63) is 57.6 Å². The van der Waals surface area contributed by atoms with Gasteiger partial charge in [-0.1, -0.05) is 49.1 Å². The number of nitrogens with one attached hydrogen (secondary N) is 1. The van der Waals surface area contributed by atoms with E-state index in [0.717, 1.165) is 46.2 Å². The molecule has 0 spiro atoms. The van der Waals surface area contributed by atoms with Crippen LogP contribution in [-0.4, -0.2) is 35.2 Å². The van der Waals surface area contributed by atoms with Crippen LogP contribution < -0.4 is 5.32 Å². The molecule has 1 fully saturated rings. The minimum absolute atomic E-state index is 0.00165. The van der Waals surface area contributed by atoms with Crippen LogP contribution >= 0.6 is 0 Å². The zero-order valence-corrected chi connectivity index (χ0v) is 24.2. The zero-order chi connectivity index (χ0) is 27.6. The van der Waals surface area contributed by atoms with Crippen molar-refractivity contribution in [2.45, 2.75) is 111 Å². The van der Waals surface area contributed by atoms with Crippen molar-refractivity contribution in [2.24, 2.45) is 0 Å². The number of ether oxygens (including phenoxy) is 2. The molecule has 1 heterocycles. The van der Waals surface area contributed by atoms with Crippen LogP contribution in [0, 0.1) is 20.8 Å². The highest BCUT2D eigenvalue weighted by Crippen LogP contribution is 2.44. The Balaban J connectivity index is 1.81. The lowest BCUT2D eigenvalue weighted by Gasteiger charge is -2.30. The molecule has 1 atom stereocenters. The van der Waals surface area contributed by atoms with Gasteiger partial charge in [0, 0.05) is 24.7 Å². The van der Waals surface area contributed by atoms with Crippen LogP contribution in [0.4, 0.5) is 4.79 Å². The van der Waals surface area contributed by atoms with E-state index in [9.17, 15) is 9.59 Å². The van der Waals surface area contributed by atoms with E-state index in [1.165, 1.54) is 30.4 Å². The van der Waals surface area contributed by atoms with Gasteiger partial charge in [0.05, 0.1) is 12.2 Å². The van der Waals surface area contributed by atoms with Crippen molar-refractivity contribution in [1.29, 1.82) is 0 Å². The SMILES string of the molecule is CCOC(=O)C(OC(C)(C)C)c1c(C)c2c(c(C)c1-c1ccc(C)cc1)CN(C(=O)NC1CCCCC1)C2. The van der Waals surface area contributed by atoms with Crippen molar-refractivity contribution in [1.82, 2.24) is 10.2 Å². The molecule has 2 aromatic carbocycles. The third-order valence-electron chi connectivity index (χ3n) is 7.81. The van der Waals surface area contributed by atoms with Gasteiger partial charge in [0.25, 0.3) is 0 Å². The number of amides is 2. The normalized spacial score (nSPS) is 16.8. The van der Waals surface area contributed by atoms with Crippen molar-refractivity contribution in [3.63, 3.8) is 0 Å². The van der Waals surface area contributed by atoms with E-state index in [0.29, 0.717) is 13.1 Å². The fraction of sp³-hybridized carbons (Fsp3) is 0.562. The molecule has 1 aliphatic carbocycles. The Morgan fingerprint density at radius 2 is 1.58 bits per heavy atom. The largest absolute Gasteiger partial charge is 0.464 e. The third kappa shape index (κ3) is 6.06. The number of rotatable bonds is 6. The third-order valence-corrected chi connectivity index (χ3v) is 7.81. The van der Waals surface area contributed by atoms with Crippen molar-refractivity contribution < 1.29 is 19.1 Å². The molecule has 2 aromatic rings. The number of hydrogen-bond donors (Lipinski definition) is 1. The number of carbonyl (C=O) groups is 2. The summed E-state index contributed by atoms with van der Waals surface area (Å²) >= 11 is 0. The Morgan fingerprint density at radius 1 is 0.974 bits per heavy atom. The van der Waals surface area contributed by atoms with Gasteiger partial charge in [0.15, 0.2) is 6.10 Å². The minimum atomic E-state index is -0.875. The first-order valence-corrected chi connectivity index (χ1v) is 14.1.